The van der Waals surface area contributed by atoms with Crippen LogP contribution in [-0.2, 0) is 33.5 Å². The third-order valence-corrected chi connectivity index (χ3v) is 7.39. The van der Waals surface area contributed by atoms with E-state index in [1.807, 2.05) is 11.8 Å². The first-order valence-electron chi connectivity index (χ1n) is 13.3. The maximum absolute atomic E-state index is 13.6. The van der Waals surface area contributed by atoms with Gasteiger partial charge in [0, 0.05) is 68.0 Å². The first-order valence-corrected chi connectivity index (χ1v) is 14.0. The molecule has 41 heavy (non-hydrogen) atoms. The lowest BCUT2D eigenvalue weighted by atomic mass is 10.0. The molecule has 1 saturated heterocycles. The summed E-state index contributed by atoms with van der Waals surface area (Å²) in [6, 6.07) is 7.81. The van der Waals surface area contributed by atoms with E-state index in [1.54, 1.807) is 37.3 Å². The standard InChI is InChI=1S/C28H36Cl2F3N5O3/c1-18(17-41-3)35-15-20-12-21(28(31,32)33)5-7-25(20)37-8-10-38(11-9-37)27(40)24(36-26(39)16-34-2)13-19-4-6-22(29)14-23(19)30/h4-7,12,14,18,24,34-35H,8-11,13,15-17H2,1-3H3,(H,36,39)/t18?,24-/m1/s1. The van der Waals surface area contributed by atoms with Crippen LogP contribution in [0.1, 0.15) is 23.6 Å². The highest BCUT2D eigenvalue weighted by molar-refractivity contribution is 6.35. The zero-order valence-corrected chi connectivity index (χ0v) is 24.8. The number of likely N-dealkylation sites (N-methyl/N-ethyl adjacent to an activating group) is 1. The lowest BCUT2D eigenvalue weighted by Crippen LogP contribution is -2.56. The second-order valence-electron chi connectivity index (χ2n) is 9.98. The van der Waals surface area contributed by atoms with Crippen LogP contribution in [0.5, 0.6) is 0 Å². The van der Waals surface area contributed by atoms with E-state index in [9.17, 15) is 22.8 Å². The molecule has 2 atom stereocenters. The zero-order chi connectivity index (χ0) is 30.2. The van der Waals surface area contributed by atoms with Crippen molar-refractivity contribution in [1.29, 1.82) is 0 Å². The molecule has 1 fully saturated rings. The minimum atomic E-state index is -4.46. The number of hydrogen-bond donors (Lipinski definition) is 3. The SMILES string of the molecule is CNCC(=O)N[C@H](Cc1ccc(Cl)cc1Cl)C(=O)N1CCN(c2ccc(C(F)(F)F)cc2CNC(C)COC)CC1. The lowest BCUT2D eigenvalue weighted by Gasteiger charge is -2.38. The molecule has 0 radical (unpaired) electrons. The minimum absolute atomic E-state index is 0.0413. The number of ether oxygens (including phenoxy) is 1. The van der Waals surface area contributed by atoms with Gasteiger partial charge in [-0.3, -0.25) is 9.59 Å². The Hall–Kier alpha value is -2.57. The van der Waals surface area contributed by atoms with Crippen molar-refractivity contribution < 1.29 is 27.5 Å². The summed E-state index contributed by atoms with van der Waals surface area (Å²) in [6.45, 7) is 4.07. The Labute approximate surface area is 248 Å². The first-order chi connectivity index (χ1) is 19.4. The summed E-state index contributed by atoms with van der Waals surface area (Å²) in [5.74, 6) is -0.595. The number of carbonyl (C=O) groups is 2. The second-order valence-corrected chi connectivity index (χ2v) is 10.8. The van der Waals surface area contributed by atoms with E-state index in [0.717, 1.165) is 6.07 Å². The highest BCUT2D eigenvalue weighted by Crippen LogP contribution is 2.33. The number of amides is 2. The summed E-state index contributed by atoms with van der Waals surface area (Å²) in [5.41, 5.74) is 1.14. The molecular weight excluding hydrogens is 582 g/mol. The average Bonchev–Trinajstić information content (AvgIpc) is 2.92. The van der Waals surface area contributed by atoms with Gasteiger partial charge in [0.05, 0.1) is 18.7 Å². The van der Waals surface area contributed by atoms with Crippen molar-refractivity contribution in [3.05, 3.63) is 63.1 Å². The molecule has 0 saturated carbocycles. The second kappa shape index (κ2) is 15.1. The molecule has 3 N–H and O–H groups in total. The van der Waals surface area contributed by atoms with E-state index in [0.29, 0.717) is 59.6 Å². The molecule has 0 bridgehead atoms. The van der Waals surface area contributed by atoms with Crippen molar-refractivity contribution in [2.24, 2.45) is 0 Å². The minimum Gasteiger partial charge on any atom is -0.383 e. The molecular formula is C28H36Cl2F3N5O3. The summed E-state index contributed by atoms with van der Waals surface area (Å²) in [4.78, 5) is 29.6. The van der Waals surface area contributed by atoms with Gasteiger partial charge in [0.2, 0.25) is 11.8 Å². The molecule has 1 heterocycles. The normalized spacial score (nSPS) is 15.5. The number of anilines is 1. The molecule has 2 aromatic carbocycles. The van der Waals surface area contributed by atoms with Gasteiger partial charge in [-0.15, -0.1) is 0 Å². The Bertz CT molecular complexity index is 1190. The largest absolute Gasteiger partial charge is 0.416 e. The topological polar surface area (TPSA) is 85.9 Å². The van der Waals surface area contributed by atoms with Crippen molar-refractivity contribution >= 4 is 40.7 Å². The Morgan fingerprint density at radius 1 is 1.05 bits per heavy atom. The summed E-state index contributed by atoms with van der Waals surface area (Å²) in [6.07, 6.45) is -4.28. The molecule has 2 amide bonds. The van der Waals surface area contributed by atoms with Crippen LogP contribution in [0.2, 0.25) is 10.0 Å². The van der Waals surface area contributed by atoms with Gasteiger partial charge in [-0.1, -0.05) is 29.3 Å². The van der Waals surface area contributed by atoms with Gasteiger partial charge in [-0.2, -0.15) is 13.2 Å². The van der Waals surface area contributed by atoms with Crippen LogP contribution < -0.4 is 20.9 Å². The number of nitrogens with one attached hydrogen (secondary N) is 3. The van der Waals surface area contributed by atoms with Crippen molar-refractivity contribution in [2.45, 2.75) is 38.1 Å². The van der Waals surface area contributed by atoms with Gasteiger partial charge in [-0.05, 0) is 55.4 Å². The molecule has 13 heteroatoms. The molecule has 1 aliphatic rings. The Morgan fingerprint density at radius 2 is 1.76 bits per heavy atom. The van der Waals surface area contributed by atoms with Gasteiger partial charge in [0.25, 0.3) is 0 Å². The molecule has 2 aromatic rings. The fourth-order valence-electron chi connectivity index (χ4n) is 4.71. The van der Waals surface area contributed by atoms with Gasteiger partial charge in [0.1, 0.15) is 6.04 Å². The van der Waals surface area contributed by atoms with E-state index in [2.05, 4.69) is 16.0 Å². The summed E-state index contributed by atoms with van der Waals surface area (Å²) in [7, 11) is 3.20. The predicted octanol–water partition coefficient (Wildman–Crippen LogP) is 3.73. The van der Waals surface area contributed by atoms with Crippen LogP contribution in [0, 0.1) is 0 Å². The lowest BCUT2D eigenvalue weighted by molar-refractivity contribution is -0.137. The number of halogens is 5. The van der Waals surface area contributed by atoms with Crippen LogP contribution in [0.4, 0.5) is 18.9 Å². The third kappa shape index (κ3) is 9.47. The van der Waals surface area contributed by atoms with Gasteiger partial charge in [-0.25, -0.2) is 0 Å². The van der Waals surface area contributed by atoms with Crippen molar-refractivity contribution in [3.8, 4) is 0 Å². The highest BCUT2D eigenvalue weighted by Gasteiger charge is 2.33. The molecule has 0 aliphatic carbocycles. The molecule has 0 spiro atoms. The summed E-state index contributed by atoms with van der Waals surface area (Å²) >= 11 is 12.4. The average molecular weight is 619 g/mol. The Morgan fingerprint density at radius 3 is 2.37 bits per heavy atom. The quantitative estimate of drug-likeness (QED) is 0.337. The van der Waals surface area contributed by atoms with Crippen LogP contribution >= 0.6 is 23.2 Å². The number of hydrogen-bond acceptors (Lipinski definition) is 6. The van der Waals surface area contributed by atoms with Crippen molar-refractivity contribution in [2.75, 3.05) is 58.4 Å². The molecule has 1 unspecified atom stereocenters. The Kier molecular flexibility index (Phi) is 12.1. The number of benzene rings is 2. The number of nitrogens with zero attached hydrogens (tertiary/aromatic N) is 2. The highest BCUT2D eigenvalue weighted by atomic mass is 35.5. The molecule has 226 valence electrons. The number of alkyl halides is 3. The number of carbonyl (C=O) groups excluding carboxylic acids is 2. The van der Waals surface area contributed by atoms with E-state index >= 15 is 0 Å². The molecule has 0 aromatic heterocycles. The number of piperazine rings is 1. The van der Waals surface area contributed by atoms with E-state index in [4.69, 9.17) is 27.9 Å². The van der Waals surface area contributed by atoms with Crippen LogP contribution in [0.25, 0.3) is 0 Å². The number of methoxy groups -OCH3 is 1. The fourth-order valence-corrected chi connectivity index (χ4v) is 5.19. The predicted molar refractivity (Wildman–Crippen MR) is 154 cm³/mol. The van der Waals surface area contributed by atoms with Gasteiger partial charge < -0.3 is 30.5 Å². The third-order valence-electron chi connectivity index (χ3n) is 6.81. The fraction of sp³-hybridized carbons (Fsp3) is 0.500. The monoisotopic (exact) mass is 617 g/mol. The molecule has 1 aliphatic heterocycles. The number of rotatable bonds is 12. The summed E-state index contributed by atoms with van der Waals surface area (Å²) in [5, 5.41) is 9.63. The van der Waals surface area contributed by atoms with Crippen LogP contribution in [-0.4, -0.2) is 82.3 Å². The van der Waals surface area contributed by atoms with E-state index in [1.165, 1.54) is 12.1 Å². The van der Waals surface area contributed by atoms with Gasteiger partial charge in [0.15, 0.2) is 0 Å². The molecule has 8 nitrogen and oxygen atoms in total. The Balaban J connectivity index is 1.75. The zero-order valence-electron chi connectivity index (χ0n) is 23.3. The first kappa shape index (κ1) is 32.9. The maximum atomic E-state index is 13.6. The van der Waals surface area contributed by atoms with Crippen LogP contribution in [0.3, 0.4) is 0 Å². The van der Waals surface area contributed by atoms with Gasteiger partial charge >= 0.3 is 6.18 Å². The maximum Gasteiger partial charge on any atom is 0.416 e. The van der Waals surface area contributed by atoms with Crippen molar-refractivity contribution in [1.82, 2.24) is 20.9 Å². The van der Waals surface area contributed by atoms with E-state index in [-0.39, 0.29) is 37.4 Å². The molecule has 3 rings (SSSR count). The van der Waals surface area contributed by atoms with Crippen LogP contribution in [0.15, 0.2) is 36.4 Å². The smallest absolute Gasteiger partial charge is 0.383 e. The van der Waals surface area contributed by atoms with E-state index < -0.39 is 17.8 Å². The van der Waals surface area contributed by atoms with Crippen molar-refractivity contribution in [3.63, 3.8) is 0 Å². The summed E-state index contributed by atoms with van der Waals surface area (Å²) < 4.78 is 45.5.